The molecule has 3 aliphatic rings. The lowest BCUT2D eigenvalue weighted by atomic mass is 9.86. The summed E-state index contributed by atoms with van der Waals surface area (Å²) in [4.78, 5) is 23.5. The quantitative estimate of drug-likeness (QED) is 0.866. The number of piperazine rings is 1. The first-order valence-corrected chi connectivity index (χ1v) is 11.0. The van der Waals surface area contributed by atoms with Gasteiger partial charge in [-0.1, -0.05) is 18.2 Å². The predicted molar refractivity (Wildman–Crippen MR) is 114 cm³/mol. The van der Waals surface area contributed by atoms with Gasteiger partial charge < -0.3 is 24.4 Å². The zero-order chi connectivity index (χ0) is 19.8. The topological polar surface area (TPSA) is 51.8 Å². The van der Waals surface area contributed by atoms with Gasteiger partial charge in [-0.3, -0.25) is 4.79 Å². The number of carbonyl (C=O) groups is 1. The van der Waals surface area contributed by atoms with Gasteiger partial charge in [-0.25, -0.2) is 0 Å². The smallest absolute Gasteiger partial charge is 0.256 e. The highest BCUT2D eigenvalue weighted by Gasteiger charge is 2.45. The number of ether oxygens (including phenoxy) is 1. The number of amides is 1. The Morgan fingerprint density at radius 3 is 2.90 bits per heavy atom. The molecule has 2 aromatic rings. The largest absolute Gasteiger partial charge is 0.373 e. The molecule has 2 atom stereocenters. The highest BCUT2D eigenvalue weighted by Crippen LogP contribution is 2.38. The van der Waals surface area contributed by atoms with Gasteiger partial charge in [0.15, 0.2) is 0 Å². The van der Waals surface area contributed by atoms with E-state index in [0.29, 0.717) is 5.92 Å². The molecule has 3 fully saturated rings. The van der Waals surface area contributed by atoms with Crippen LogP contribution in [-0.2, 0) is 4.74 Å². The third kappa shape index (κ3) is 3.81. The Kier molecular flexibility index (Phi) is 5.10. The van der Waals surface area contributed by atoms with Crippen LogP contribution in [0.2, 0.25) is 0 Å². The normalized spacial score (nSPS) is 29.1. The minimum atomic E-state index is -0.142. The first-order valence-electron chi connectivity index (χ1n) is 11.0. The van der Waals surface area contributed by atoms with Crippen molar-refractivity contribution < 1.29 is 9.53 Å². The predicted octanol–water partition coefficient (Wildman–Crippen LogP) is 2.43. The average Bonchev–Trinajstić information content (AvgIpc) is 3.34. The van der Waals surface area contributed by atoms with Crippen molar-refractivity contribution in [1.29, 1.82) is 0 Å². The van der Waals surface area contributed by atoms with E-state index >= 15 is 0 Å². The second kappa shape index (κ2) is 7.74. The number of aromatic nitrogens is 1. The number of para-hydroxylation sites is 1. The van der Waals surface area contributed by atoms with E-state index in [1.165, 1.54) is 0 Å². The number of hydrogen-bond acceptors (Lipinski definition) is 4. The first kappa shape index (κ1) is 19.1. The van der Waals surface area contributed by atoms with Crippen LogP contribution in [0.3, 0.4) is 0 Å². The maximum absolute atomic E-state index is 13.3. The highest BCUT2D eigenvalue weighted by molar-refractivity contribution is 6.06. The first-order chi connectivity index (χ1) is 14.1. The number of rotatable bonds is 3. The van der Waals surface area contributed by atoms with E-state index in [4.69, 9.17) is 4.74 Å². The fourth-order valence-corrected chi connectivity index (χ4v) is 5.43. The van der Waals surface area contributed by atoms with Crippen molar-refractivity contribution in [2.75, 3.05) is 59.5 Å². The van der Waals surface area contributed by atoms with Crippen molar-refractivity contribution in [2.45, 2.75) is 24.9 Å². The summed E-state index contributed by atoms with van der Waals surface area (Å²) in [6.45, 7) is 8.15. The molecule has 3 saturated heterocycles. The van der Waals surface area contributed by atoms with Crippen LogP contribution in [0.1, 0.15) is 29.6 Å². The van der Waals surface area contributed by atoms with E-state index in [2.05, 4.69) is 21.8 Å². The molecule has 0 unspecified atom stereocenters. The molecular formula is C23H32N4O2. The molecule has 1 aromatic heterocycles. The number of likely N-dealkylation sites (tertiary alicyclic amines) is 1. The summed E-state index contributed by atoms with van der Waals surface area (Å²) in [5.74, 6) is 0.717. The number of hydrogen-bond donors (Lipinski definition) is 1. The minimum absolute atomic E-state index is 0.132. The Bertz CT molecular complexity index is 873. The Labute approximate surface area is 172 Å². The number of fused-ring (bicyclic) bond motifs is 1. The number of H-pyrrole nitrogens is 1. The molecule has 1 N–H and O–H groups in total. The SMILES string of the molecule is CN1CCN(C[C@@H]2CO[C@]3(CCCN(C(=O)c4c[nH]c5ccccc45)C3)C2)CC1. The number of aromatic amines is 1. The number of nitrogens with zero attached hydrogens (tertiary/aromatic N) is 3. The average molecular weight is 397 g/mol. The molecule has 5 rings (SSSR count). The van der Waals surface area contributed by atoms with Gasteiger partial charge in [0.25, 0.3) is 5.91 Å². The molecule has 6 nitrogen and oxygen atoms in total. The number of piperidine rings is 1. The lowest BCUT2D eigenvalue weighted by molar-refractivity contribution is -0.0450. The van der Waals surface area contributed by atoms with Gasteiger partial charge in [0, 0.05) is 62.9 Å². The van der Waals surface area contributed by atoms with E-state index in [1.54, 1.807) is 0 Å². The van der Waals surface area contributed by atoms with E-state index in [1.807, 2.05) is 35.4 Å². The van der Waals surface area contributed by atoms with Crippen LogP contribution < -0.4 is 0 Å². The number of nitrogens with one attached hydrogen (secondary N) is 1. The molecule has 3 aliphatic heterocycles. The summed E-state index contributed by atoms with van der Waals surface area (Å²) in [6.07, 6.45) is 5.04. The molecule has 0 bridgehead atoms. The zero-order valence-electron chi connectivity index (χ0n) is 17.4. The summed E-state index contributed by atoms with van der Waals surface area (Å²) in [7, 11) is 2.20. The molecule has 0 radical (unpaired) electrons. The molecule has 0 aliphatic carbocycles. The second-order valence-corrected chi connectivity index (χ2v) is 9.25. The van der Waals surface area contributed by atoms with Crippen LogP contribution in [-0.4, -0.2) is 90.7 Å². The van der Waals surface area contributed by atoms with Crippen LogP contribution >= 0.6 is 0 Å². The van der Waals surface area contributed by atoms with Crippen LogP contribution in [0.5, 0.6) is 0 Å². The van der Waals surface area contributed by atoms with Gasteiger partial charge in [0.05, 0.1) is 17.8 Å². The highest BCUT2D eigenvalue weighted by atomic mass is 16.5. The van der Waals surface area contributed by atoms with Crippen molar-refractivity contribution in [3.8, 4) is 0 Å². The van der Waals surface area contributed by atoms with Gasteiger partial charge >= 0.3 is 0 Å². The molecule has 1 spiro atoms. The van der Waals surface area contributed by atoms with Crippen molar-refractivity contribution >= 4 is 16.8 Å². The Hall–Kier alpha value is -1.89. The third-order valence-corrected chi connectivity index (χ3v) is 7.04. The lowest BCUT2D eigenvalue weighted by Gasteiger charge is -2.40. The summed E-state index contributed by atoms with van der Waals surface area (Å²) in [5, 5.41) is 1.01. The third-order valence-electron chi connectivity index (χ3n) is 7.04. The van der Waals surface area contributed by atoms with Crippen molar-refractivity contribution in [3.05, 3.63) is 36.0 Å². The Morgan fingerprint density at radius 1 is 1.21 bits per heavy atom. The van der Waals surface area contributed by atoms with Crippen LogP contribution in [0.15, 0.2) is 30.5 Å². The van der Waals surface area contributed by atoms with Crippen LogP contribution in [0.25, 0.3) is 10.9 Å². The van der Waals surface area contributed by atoms with Gasteiger partial charge in [0.1, 0.15) is 0 Å². The molecule has 1 aromatic carbocycles. The fraction of sp³-hybridized carbons (Fsp3) is 0.609. The fourth-order valence-electron chi connectivity index (χ4n) is 5.43. The molecular weight excluding hydrogens is 364 g/mol. The van der Waals surface area contributed by atoms with Gasteiger partial charge in [0.2, 0.25) is 0 Å². The standard InChI is InChI=1S/C23H32N4O2/c1-25-9-11-26(12-10-25)15-18-13-23(29-16-18)7-4-8-27(17-23)22(28)20-14-24-21-6-3-2-5-19(20)21/h2-3,5-6,14,18,24H,4,7-13,15-17H2,1H3/t18-,23-/m1/s1. The lowest BCUT2D eigenvalue weighted by Crippen LogP contribution is -2.50. The van der Waals surface area contributed by atoms with Crippen molar-refractivity contribution in [1.82, 2.24) is 19.7 Å². The summed E-state index contributed by atoms with van der Waals surface area (Å²) >= 11 is 0. The van der Waals surface area contributed by atoms with E-state index < -0.39 is 0 Å². The summed E-state index contributed by atoms with van der Waals surface area (Å²) in [6, 6.07) is 8.04. The number of benzene rings is 1. The van der Waals surface area contributed by atoms with E-state index in [-0.39, 0.29) is 11.5 Å². The van der Waals surface area contributed by atoms with Gasteiger partial charge in [-0.2, -0.15) is 0 Å². The molecule has 156 valence electrons. The zero-order valence-corrected chi connectivity index (χ0v) is 17.4. The monoisotopic (exact) mass is 396 g/mol. The number of carbonyl (C=O) groups excluding carboxylic acids is 1. The maximum atomic E-state index is 13.3. The summed E-state index contributed by atoms with van der Waals surface area (Å²) in [5.41, 5.74) is 1.66. The minimum Gasteiger partial charge on any atom is -0.373 e. The number of likely N-dealkylation sites (N-methyl/N-ethyl adjacent to an activating group) is 1. The van der Waals surface area contributed by atoms with Gasteiger partial charge in [-0.05, 0) is 38.3 Å². The van der Waals surface area contributed by atoms with E-state index in [9.17, 15) is 4.79 Å². The Morgan fingerprint density at radius 2 is 2.03 bits per heavy atom. The second-order valence-electron chi connectivity index (χ2n) is 9.25. The van der Waals surface area contributed by atoms with Crippen molar-refractivity contribution in [2.24, 2.45) is 5.92 Å². The molecule has 6 heteroatoms. The molecule has 1 amide bonds. The van der Waals surface area contributed by atoms with Crippen LogP contribution in [0.4, 0.5) is 0 Å². The molecule has 4 heterocycles. The van der Waals surface area contributed by atoms with Crippen molar-refractivity contribution in [3.63, 3.8) is 0 Å². The Balaban J connectivity index is 1.24. The molecule has 29 heavy (non-hydrogen) atoms. The van der Waals surface area contributed by atoms with E-state index in [0.717, 1.165) is 88.1 Å². The van der Waals surface area contributed by atoms with Crippen LogP contribution in [0, 0.1) is 5.92 Å². The molecule has 0 saturated carbocycles. The summed E-state index contributed by atoms with van der Waals surface area (Å²) < 4.78 is 6.40. The maximum Gasteiger partial charge on any atom is 0.256 e. The van der Waals surface area contributed by atoms with Gasteiger partial charge in [-0.15, -0.1) is 0 Å².